The van der Waals surface area contributed by atoms with Crippen molar-refractivity contribution in [3.63, 3.8) is 0 Å². The lowest BCUT2D eigenvalue weighted by molar-refractivity contribution is 0.400. The van der Waals surface area contributed by atoms with E-state index in [0.717, 1.165) is 12.8 Å². The van der Waals surface area contributed by atoms with Crippen molar-refractivity contribution in [2.75, 3.05) is 0 Å². The fourth-order valence-corrected chi connectivity index (χ4v) is 2.44. The lowest BCUT2D eigenvalue weighted by Gasteiger charge is -2.29. The van der Waals surface area contributed by atoms with Gasteiger partial charge < -0.3 is 10.4 Å². The first kappa shape index (κ1) is 11.5. The summed E-state index contributed by atoms with van der Waals surface area (Å²) in [7, 11) is 0. The molecule has 0 heterocycles. The van der Waals surface area contributed by atoms with E-state index in [2.05, 4.69) is 25.2 Å². The van der Waals surface area contributed by atoms with E-state index in [1.54, 1.807) is 6.07 Å². The molecule has 1 aliphatic carbocycles. The van der Waals surface area contributed by atoms with Crippen LogP contribution in [0.5, 0.6) is 5.75 Å². The lowest BCUT2D eigenvalue weighted by Crippen LogP contribution is -2.32. The highest BCUT2D eigenvalue weighted by Gasteiger charge is 2.21. The molecule has 0 fully saturated rings. The summed E-state index contributed by atoms with van der Waals surface area (Å²) in [4.78, 5) is 0. The van der Waals surface area contributed by atoms with Gasteiger partial charge in [0, 0.05) is 12.1 Å². The summed E-state index contributed by atoms with van der Waals surface area (Å²) in [5.41, 5.74) is 2.69. The van der Waals surface area contributed by atoms with E-state index in [1.165, 1.54) is 24.0 Å². The standard InChI is InChI=1S/C14H21NO/c1-3-10(2)15-14-6-4-5-11-9-12(16)7-8-13(11)14/h7-10,14-16H,3-6H2,1-2H3. The maximum Gasteiger partial charge on any atom is 0.115 e. The number of aryl methyl sites for hydroxylation is 1. The summed E-state index contributed by atoms with van der Waals surface area (Å²) in [5, 5.41) is 13.1. The van der Waals surface area contributed by atoms with Crippen molar-refractivity contribution in [2.24, 2.45) is 0 Å². The molecule has 1 aromatic carbocycles. The fraction of sp³-hybridized carbons (Fsp3) is 0.571. The van der Waals surface area contributed by atoms with Gasteiger partial charge in [-0.2, -0.15) is 0 Å². The van der Waals surface area contributed by atoms with Crippen molar-refractivity contribution in [3.05, 3.63) is 29.3 Å². The summed E-state index contributed by atoms with van der Waals surface area (Å²) < 4.78 is 0. The number of hydrogen-bond donors (Lipinski definition) is 2. The van der Waals surface area contributed by atoms with Crippen LogP contribution in [-0.2, 0) is 6.42 Å². The number of hydrogen-bond acceptors (Lipinski definition) is 2. The minimum atomic E-state index is 0.392. The molecular formula is C14H21NO. The Bertz CT molecular complexity index is 362. The molecule has 0 aliphatic heterocycles. The molecular weight excluding hydrogens is 198 g/mol. The SMILES string of the molecule is CCC(C)NC1CCCc2cc(O)ccc21. The molecule has 0 bridgehead atoms. The zero-order valence-corrected chi connectivity index (χ0v) is 10.2. The molecule has 0 aromatic heterocycles. The van der Waals surface area contributed by atoms with Crippen LogP contribution >= 0.6 is 0 Å². The summed E-state index contributed by atoms with van der Waals surface area (Å²) in [6, 6.07) is 6.82. The van der Waals surface area contributed by atoms with Crippen LogP contribution in [0.25, 0.3) is 0 Å². The maximum absolute atomic E-state index is 9.48. The Morgan fingerprint density at radius 1 is 1.50 bits per heavy atom. The molecule has 2 N–H and O–H groups in total. The quantitative estimate of drug-likeness (QED) is 0.818. The van der Waals surface area contributed by atoms with E-state index in [9.17, 15) is 5.11 Å². The largest absolute Gasteiger partial charge is 0.508 e. The summed E-state index contributed by atoms with van der Waals surface area (Å²) >= 11 is 0. The molecule has 2 unspecified atom stereocenters. The van der Waals surface area contributed by atoms with E-state index in [4.69, 9.17) is 0 Å². The molecule has 0 spiro atoms. The minimum Gasteiger partial charge on any atom is -0.508 e. The van der Waals surface area contributed by atoms with Crippen molar-refractivity contribution >= 4 is 0 Å². The van der Waals surface area contributed by atoms with Gasteiger partial charge in [0.15, 0.2) is 0 Å². The van der Waals surface area contributed by atoms with Crippen LogP contribution in [0.1, 0.15) is 50.3 Å². The van der Waals surface area contributed by atoms with Gasteiger partial charge in [0.25, 0.3) is 0 Å². The topological polar surface area (TPSA) is 32.3 Å². The van der Waals surface area contributed by atoms with Gasteiger partial charge in [0.05, 0.1) is 0 Å². The average Bonchev–Trinajstić information content (AvgIpc) is 2.28. The monoisotopic (exact) mass is 219 g/mol. The normalized spacial score (nSPS) is 21.5. The molecule has 1 aliphatic rings. The molecule has 16 heavy (non-hydrogen) atoms. The van der Waals surface area contributed by atoms with E-state index in [0.29, 0.717) is 17.8 Å². The Kier molecular flexibility index (Phi) is 3.49. The maximum atomic E-state index is 9.48. The number of aromatic hydroxyl groups is 1. The average molecular weight is 219 g/mol. The van der Waals surface area contributed by atoms with Crippen molar-refractivity contribution in [1.29, 1.82) is 0 Å². The Labute approximate surface area is 97.7 Å². The third kappa shape index (κ3) is 2.38. The van der Waals surface area contributed by atoms with E-state index in [1.807, 2.05) is 6.07 Å². The highest BCUT2D eigenvalue weighted by atomic mass is 16.3. The Morgan fingerprint density at radius 2 is 2.31 bits per heavy atom. The molecule has 2 atom stereocenters. The smallest absolute Gasteiger partial charge is 0.115 e. The zero-order chi connectivity index (χ0) is 11.5. The number of phenols is 1. The summed E-state index contributed by atoms with van der Waals surface area (Å²) in [5.74, 6) is 0.392. The Morgan fingerprint density at radius 3 is 3.06 bits per heavy atom. The molecule has 0 saturated heterocycles. The van der Waals surface area contributed by atoms with Crippen molar-refractivity contribution < 1.29 is 5.11 Å². The number of rotatable bonds is 3. The molecule has 88 valence electrons. The first-order valence-corrected chi connectivity index (χ1v) is 6.28. The highest BCUT2D eigenvalue weighted by Crippen LogP contribution is 2.32. The van der Waals surface area contributed by atoms with Gasteiger partial charge in [0.1, 0.15) is 5.75 Å². The van der Waals surface area contributed by atoms with E-state index in [-0.39, 0.29) is 0 Å². The number of phenolic OH excluding ortho intramolecular Hbond substituents is 1. The van der Waals surface area contributed by atoms with Gasteiger partial charge in [-0.25, -0.2) is 0 Å². The number of nitrogens with one attached hydrogen (secondary N) is 1. The van der Waals surface area contributed by atoms with Crippen LogP contribution in [0.15, 0.2) is 18.2 Å². The Balaban J connectivity index is 2.19. The van der Waals surface area contributed by atoms with Crippen molar-refractivity contribution in [3.8, 4) is 5.75 Å². The minimum absolute atomic E-state index is 0.392. The van der Waals surface area contributed by atoms with Crippen LogP contribution in [-0.4, -0.2) is 11.1 Å². The molecule has 2 heteroatoms. The second kappa shape index (κ2) is 4.88. The summed E-state index contributed by atoms with van der Waals surface area (Å²) in [6.45, 7) is 4.44. The molecule has 0 radical (unpaired) electrons. The molecule has 0 saturated carbocycles. The predicted octanol–water partition coefficient (Wildman–Crippen LogP) is 3.16. The molecule has 2 nitrogen and oxygen atoms in total. The van der Waals surface area contributed by atoms with E-state index >= 15 is 0 Å². The van der Waals surface area contributed by atoms with E-state index < -0.39 is 0 Å². The van der Waals surface area contributed by atoms with Gasteiger partial charge in [-0.05, 0) is 55.9 Å². The van der Waals surface area contributed by atoms with Gasteiger partial charge in [-0.3, -0.25) is 0 Å². The molecule has 1 aromatic rings. The van der Waals surface area contributed by atoms with Crippen molar-refractivity contribution in [1.82, 2.24) is 5.32 Å². The second-order valence-corrected chi connectivity index (χ2v) is 4.80. The predicted molar refractivity (Wildman–Crippen MR) is 66.7 cm³/mol. The zero-order valence-electron chi connectivity index (χ0n) is 10.2. The third-order valence-corrected chi connectivity index (χ3v) is 3.54. The summed E-state index contributed by atoms with van der Waals surface area (Å²) in [6.07, 6.45) is 4.68. The Hall–Kier alpha value is -1.02. The second-order valence-electron chi connectivity index (χ2n) is 4.80. The van der Waals surface area contributed by atoms with Crippen LogP contribution in [0, 0.1) is 0 Å². The van der Waals surface area contributed by atoms with Crippen LogP contribution in [0.2, 0.25) is 0 Å². The van der Waals surface area contributed by atoms with Gasteiger partial charge >= 0.3 is 0 Å². The van der Waals surface area contributed by atoms with Gasteiger partial charge in [0.2, 0.25) is 0 Å². The third-order valence-electron chi connectivity index (χ3n) is 3.54. The van der Waals surface area contributed by atoms with Gasteiger partial charge in [-0.15, -0.1) is 0 Å². The number of benzene rings is 1. The van der Waals surface area contributed by atoms with Gasteiger partial charge in [-0.1, -0.05) is 13.0 Å². The first-order valence-electron chi connectivity index (χ1n) is 6.28. The van der Waals surface area contributed by atoms with Crippen LogP contribution in [0.3, 0.4) is 0 Å². The van der Waals surface area contributed by atoms with Crippen molar-refractivity contribution in [2.45, 2.75) is 51.6 Å². The number of fused-ring (bicyclic) bond motifs is 1. The highest BCUT2D eigenvalue weighted by molar-refractivity contribution is 5.38. The van der Waals surface area contributed by atoms with Crippen LogP contribution < -0.4 is 5.32 Å². The fourth-order valence-electron chi connectivity index (χ4n) is 2.44. The first-order chi connectivity index (χ1) is 7.70. The molecule has 2 rings (SSSR count). The molecule has 0 amide bonds. The lowest BCUT2D eigenvalue weighted by atomic mass is 9.87. The van der Waals surface area contributed by atoms with Crippen LogP contribution in [0.4, 0.5) is 0 Å².